The molecule has 5 heteroatoms. The van der Waals surface area contributed by atoms with Crippen molar-refractivity contribution < 1.29 is 13.2 Å². The fraction of sp³-hybridized carbons (Fsp3) is 0.167. The topological polar surface area (TPSA) is 25.2 Å². The minimum atomic E-state index is -0.867. The minimum Gasteiger partial charge on any atom is -0.452 e. The van der Waals surface area contributed by atoms with E-state index < -0.39 is 11.6 Å². The molecule has 0 amide bonds. The average molecular weight is 302 g/mol. The van der Waals surface area contributed by atoms with Crippen LogP contribution in [0.1, 0.15) is 17.4 Å². The van der Waals surface area contributed by atoms with Gasteiger partial charge in [-0.05, 0) is 52.8 Å². The molecule has 1 aromatic carbocycles. The lowest BCUT2D eigenvalue weighted by atomic mass is 10.0. The smallest absolute Gasteiger partial charge is 0.169 e. The van der Waals surface area contributed by atoms with Crippen LogP contribution >= 0.6 is 15.9 Å². The third kappa shape index (κ3) is 2.56. The third-order valence-electron chi connectivity index (χ3n) is 2.44. The Hall–Kier alpha value is -1.20. The molecule has 2 aromatic rings. The van der Waals surface area contributed by atoms with Crippen molar-refractivity contribution in [1.82, 2.24) is 5.32 Å². The summed E-state index contributed by atoms with van der Waals surface area (Å²) in [6.07, 6.45) is 0. The number of benzene rings is 1. The minimum absolute atomic E-state index is 0.309. The molecule has 0 saturated heterocycles. The summed E-state index contributed by atoms with van der Waals surface area (Å²) in [6.45, 7) is 0. The van der Waals surface area contributed by atoms with E-state index in [-0.39, 0.29) is 6.04 Å². The van der Waals surface area contributed by atoms with Gasteiger partial charge in [-0.15, -0.1) is 0 Å². The fourth-order valence-electron chi connectivity index (χ4n) is 1.65. The van der Waals surface area contributed by atoms with Gasteiger partial charge < -0.3 is 9.73 Å². The van der Waals surface area contributed by atoms with E-state index in [0.717, 1.165) is 12.1 Å². The van der Waals surface area contributed by atoms with Crippen LogP contribution in [0, 0.1) is 11.6 Å². The van der Waals surface area contributed by atoms with Crippen molar-refractivity contribution in [1.29, 1.82) is 0 Å². The fourth-order valence-corrected chi connectivity index (χ4v) is 1.97. The van der Waals surface area contributed by atoms with Crippen molar-refractivity contribution in [2.45, 2.75) is 6.04 Å². The van der Waals surface area contributed by atoms with E-state index in [4.69, 9.17) is 4.42 Å². The van der Waals surface area contributed by atoms with Crippen molar-refractivity contribution in [3.8, 4) is 0 Å². The van der Waals surface area contributed by atoms with Gasteiger partial charge in [0.25, 0.3) is 0 Å². The van der Waals surface area contributed by atoms with Crippen LogP contribution in [0.15, 0.2) is 39.4 Å². The first kappa shape index (κ1) is 12.3. The highest BCUT2D eigenvalue weighted by Crippen LogP contribution is 2.26. The molecule has 1 unspecified atom stereocenters. The Kier molecular flexibility index (Phi) is 3.59. The van der Waals surface area contributed by atoms with Gasteiger partial charge in [-0.1, -0.05) is 6.07 Å². The quantitative estimate of drug-likeness (QED) is 0.936. The van der Waals surface area contributed by atoms with E-state index in [1.807, 2.05) is 0 Å². The highest BCUT2D eigenvalue weighted by Gasteiger charge is 2.17. The number of hydrogen-bond acceptors (Lipinski definition) is 2. The van der Waals surface area contributed by atoms with Gasteiger partial charge in [0.05, 0.1) is 6.04 Å². The lowest BCUT2D eigenvalue weighted by molar-refractivity contribution is 0.444. The number of rotatable bonds is 3. The molecule has 90 valence electrons. The van der Waals surface area contributed by atoms with Crippen LogP contribution in [0.25, 0.3) is 0 Å². The maximum atomic E-state index is 13.2. The van der Waals surface area contributed by atoms with Crippen molar-refractivity contribution >= 4 is 15.9 Å². The van der Waals surface area contributed by atoms with Crippen molar-refractivity contribution in [2.24, 2.45) is 0 Å². The molecule has 0 aliphatic rings. The lowest BCUT2D eigenvalue weighted by Crippen LogP contribution is -2.17. The first-order valence-corrected chi connectivity index (χ1v) is 5.78. The lowest BCUT2D eigenvalue weighted by Gasteiger charge is -2.14. The summed E-state index contributed by atoms with van der Waals surface area (Å²) in [5, 5.41) is 2.99. The first-order valence-electron chi connectivity index (χ1n) is 4.99. The summed E-state index contributed by atoms with van der Waals surface area (Å²) in [5.74, 6) is -1.09. The van der Waals surface area contributed by atoms with E-state index in [1.54, 1.807) is 19.2 Å². The third-order valence-corrected chi connectivity index (χ3v) is 2.87. The zero-order chi connectivity index (χ0) is 12.4. The molecule has 0 spiro atoms. The van der Waals surface area contributed by atoms with Gasteiger partial charge in [0, 0.05) is 0 Å². The summed E-state index contributed by atoms with van der Waals surface area (Å²) >= 11 is 3.20. The van der Waals surface area contributed by atoms with Crippen LogP contribution in [-0.4, -0.2) is 7.05 Å². The van der Waals surface area contributed by atoms with E-state index in [2.05, 4.69) is 21.2 Å². The highest BCUT2D eigenvalue weighted by molar-refractivity contribution is 9.10. The predicted molar refractivity (Wildman–Crippen MR) is 63.7 cm³/mol. The van der Waals surface area contributed by atoms with Crippen LogP contribution in [-0.2, 0) is 0 Å². The largest absolute Gasteiger partial charge is 0.452 e. The molecule has 2 nitrogen and oxygen atoms in total. The maximum absolute atomic E-state index is 13.2. The zero-order valence-corrected chi connectivity index (χ0v) is 10.6. The normalized spacial score (nSPS) is 12.7. The molecule has 1 atom stereocenters. The monoisotopic (exact) mass is 301 g/mol. The van der Waals surface area contributed by atoms with Crippen LogP contribution in [0.4, 0.5) is 8.78 Å². The second kappa shape index (κ2) is 4.98. The Balaban J connectivity index is 2.38. The molecule has 1 heterocycles. The summed E-state index contributed by atoms with van der Waals surface area (Å²) in [6, 6.07) is 7.00. The Morgan fingerprint density at radius 2 is 1.94 bits per heavy atom. The van der Waals surface area contributed by atoms with Gasteiger partial charge in [0.15, 0.2) is 16.3 Å². The Morgan fingerprint density at radius 1 is 1.18 bits per heavy atom. The molecular weight excluding hydrogens is 292 g/mol. The SMILES string of the molecule is CNC(c1ccc(F)c(F)c1)c1ccc(Br)o1. The molecule has 0 bridgehead atoms. The highest BCUT2D eigenvalue weighted by atomic mass is 79.9. The maximum Gasteiger partial charge on any atom is 0.169 e. The number of furan rings is 1. The number of nitrogens with one attached hydrogen (secondary N) is 1. The van der Waals surface area contributed by atoms with Crippen molar-refractivity contribution in [3.63, 3.8) is 0 Å². The first-order chi connectivity index (χ1) is 8.11. The predicted octanol–water partition coefficient (Wildman–Crippen LogP) is 3.63. The summed E-state index contributed by atoms with van der Waals surface area (Å²) < 4.78 is 32.0. The van der Waals surface area contributed by atoms with Crippen LogP contribution < -0.4 is 5.32 Å². The van der Waals surface area contributed by atoms with Gasteiger partial charge in [0.2, 0.25) is 0 Å². The Bertz CT molecular complexity index is 527. The Labute approximate surface area is 106 Å². The van der Waals surface area contributed by atoms with E-state index in [9.17, 15) is 8.78 Å². The van der Waals surface area contributed by atoms with Gasteiger partial charge in [0.1, 0.15) is 5.76 Å². The second-order valence-electron chi connectivity index (χ2n) is 3.54. The summed E-state index contributed by atoms with van der Waals surface area (Å²) in [7, 11) is 1.72. The second-order valence-corrected chi connectivity index (χ2v) is 4.32. The van der Waals surface area contributed by atoms with Gasteiger partial charge >= 0.3 is 0 Å². The molecule has 0 saturated carbocycles. The van der Waals surface area contributed by atoms with Gasteiger partial charge in [-0.25, -0.2) is 8.78 Å². The van der Waals surface area contributed by atoms with E-state index >= 15 is 0 Å². The molecule has 2 rings (SSSR count). The molecule has 0 fully saturated rings. The molecular formula is C12H10BrF2NO. The van der Waals surface area contributed by atoms with Crippen LogP contribution in [0.5, 0.6) is 0 Å². The molecule has 0 aliphatic carbocycles. The molecule has 1 aromatic heterocycles. The molecule has 0 radical (unpaired) electrons. The van der Waals surface area contributed by atoms with E-state index in [1.165, 1.54) is 6.07 Å². The van der Waals surface area contributed by atoms with Crippen LogP contribution in [0.3, 0.4) is 0 Å². The van der Waals surface area contributed by atoms with Gasteiger partial charge in [-0.3, -0.25) is 0 Å². The number of hydrogen-bond donors (Lipinski definition) is 1. The van der Waals surface area contributed by atoms with Gasteiger partial charge in [-0.2, -0.15) is 0 Å². The molecule has 1 N–H and O–H groups in total. The average Bonchev–Trinajstić information content (AvgIpc) is 2.71. The van der Waals surface area contributed by atoms with Crippen molar-refractivity contribution in [3.05, 3.63) is 58.0 Å². The zero-order valence-electron chi connectivity index (χ0n) is 9.01. The van der Waals surface area contributed by atoms with E-state index in [0.29, 0.717) is 16.0 Å². The van der Waals surface area contributed by atoms with Crippen LogP contribution in [0.2, 0.25) is 0 Å². The standard InChI is InChI=1S/C12H10BrF2NO/c1-16-12(10-4-5-11(13)17-10)7-2-3-8(14)9(15)6-7/h2-6,12,16H,1H3. The Morgan fingerprint density at radius 3 is 2.47 bits per heavy atom. The molecule has 0 aliphatic heterocycles. The summed E-state index contributed by atoms with van der Waals surface area (Å²) in [4.78, 5) is 0. The molecule has 17 heavy (non-hydrogen) atoms. The van der Waals surface area contributed by atoms with Crippen molar-refractivity contribution in [2.75, 3.05) is 7.05 Å². The number of halogens is 3. The summed E-state index contributed by atoms with van der Waals surface area (Å²) in [5.41, 5.74) is 0.605.